The van der Waals surface area contributed by atoms with Gasteiger partial charge in [0.05, 0.1) is 0 Å². The fourth-order valence-corrected chi connectivity index (χ4v) is 4.31. The Labute approximate surface area is 129 Å². The van der Waals surface area contributed by atoms with Crippen LogP contribution < -0.4 is 0 Å². The molecule has 1 heteroatoms. The van der Waals surface area contributed by atoms with Crippen LogP contribution in [0.5, 0.6) is 0 Å². The lowest BCUT2D eigenvalue weighted by atomic mass is 9.72. The highest BCUT2D eigenvalue weighted by Crippen LogP contribution is 2.46. The molecule has 0 unspecified atom stereocenters. The van der Waals surface area contributed by atoms with Gasteiger partial charge >= 0.3 is 0 Å². The zero-order valence-corrected chi connectivity index (χ0v) is 13.5. The minimum absolute atomic E-state index is 0.0633. The maximum Gasteiger partial charge on any atom is 0.169 e. The van der Waals surface area contributed by atoms with Crippen molar-refractivity contribution in [1.82, 2.24) is 0 Å². The van der Waals surface area contributed by atoms with Crippen molar-refractivity contribution < 1.29 is 4.79 Å². The second-order valence-corrected chi connectivity index (χ2v) is 7.66. The molecule has 0 aliphatic heterocycles. The molecule has 114 valence electrons. The van der Waals surface area contributed by atoms with Crippen molar-refractivity contribution in [2.24, 2.45) is 11.3 Å². The molecule has 2 aliphatic rings. The monoisotopic (exact) mass is 284 g/mol. The Kier molecular flexibility index (Phi) is 4.19. The zero-order valence-electron chi connectivity index (χ0n) is 13.5. The Balaban J connectivity index is 1.79. The van der Waals surface area contributed by atoms with Crippen LogP contribution in [0.25, 0.3) is 0 Å². The molecule has 0 amide bonds. The Morgan fingerprint density at radius 1 is 1.10 bits per heavy atom. The van der Waals surface area contributed by atoms with E-state index in [1.54, 1.807) is 0 Å². The topological polar surface area (TPSA) is 17.1 Å². The lowest BCUT2D eigenvalue weighted by molar-refractivity contribution is 0.0760. The summed E-state index contributed by atoms with van der Waals surface area (Å²) < 4.78 is 0. The lowest BCUT2D eigenvalue weighted by Crippen LogP contribution is -2.30. The molecular formula is C20H28O. The number of Topliss-reactive ketones (excluding diaryl/α,β-unsaturated/α-hetero) is 1. The summed E-state index contributed by atoms with van der Waals surface area (Å²) in [5, 5.41) is 0. The maximum absolute atomic E-state index is 13.1. The van der Waals surface area contributed by atoms with Gasteiger partial charge in [0.15, 0.2) is 5.78 Å². The molecule has 2 saturated carbocycles. The minimum atomic E-state index is -0.0633. The van der Waals surface area contributed by atoms with Gasteiger partial charge in [0.25, 0.3) is 0 Å². The number of hydrogen-bond donors (Lipinski definition) is 0. The number of hydrogen-bond acceptors (Lipinski definition) is 1. The molecule has 0 aromatic heterocycles. The van der Waals surface area contributed by atoms with Crippen LogP contribution in [0.15, 0.2) is 24.3 Å². The van der Waals surface area contributed by atoms with E-state index in [0.717, 1.165) is 30.7 Å². The summed E-state index contributed by atoms with van der Waals surface area (Å²) in [4.78, 5) is 13.1. The largest absolute Gasteiger partial charge is 0.294 e. The summed E-state index contributed by atoms with van der Waals surface area (Å²) in [5.41, 5.74) is 2.31. The molecular weight excluding hydrogens is 256 g/mol. The minimum Gasteiger partial charge on any atom is -0.294 e. The molecule has 0 bridgehead atoms. The smallest absolute Gasteiger partial charge is 0.169 e. The van der Waals surface area contributed by atoms with Crippen LogP contribution in [0.4, 0.5) is 0 Å². The Morgan fingerprint density at radius 3 is 2.19 bits per heavy atom. The van der Waals surface area contributed by atoms with Gasteiger partial charge in [0.2, 0.25) is 0 Å². The van der Waals surface area contributed by atoms with Gasteiger partial charge < -0.3 is 0 Å². The molecule has 0 spiro atoms. The van der Waals surface area contributed by atoms with Crippen LogP contribution in [-0.4, -0.2) is 5.78 Å². The molecule has 1 aromatic rings. The van der Waals surface area contributed by atoms with E-state index in [-0.39, 0.29) is 5.41 Å². The molecule has 1 aromatic carbocycles. The fourth-order valence-electron chi connectivity index (χ4n) is 4.31. The van der Waals surface area contributed by atoms with Crippen molar-refractivity contribution in [1.29, 1.82) is 0 Å². The molecule has 2 aliphatic carbocycles. The molecule has 21 heavy (non-hydrogen) atoms. The number of rotatable bonds is 5. The number of ketones is 1. The van der Waals surface area contributed by atoms with Crippen molar-refractivity contribution in [3.05, 3.63) is 35.4 Å². The fraction of sp³-hybridized carbons (Fsp3) is 0.650. The molecule has 2 fully saturated rings. The van der Waals surface area contributed by atoms with Crippen LogP contribution >= 0.6 is 0 Å². The summed E-state index contributed by atoms with van der Waals surface area (Å²) in [7, 11) is 0. The van der Waals surface area contributed by atoms with Crippen LogP contribution in [0.1, 0.15) is 87.1 Å². The van der Waals surface area contributed by atoms with Gasteiger partial charge in [-0.25, -0.2) is 0 Å². The van der Waals surface area contributed by atoms with Gasteiger partial charge in [-0.1, -0.05) is 57.4 Å². The predicted octanol–water partition coefficient (Wildman–Crippen LogP) is 5.74. The number of carbonyl (C=O) groups is 1. The normalized spacial score (nSPS) is 21.5. The summed E-state index contributed by atoms with van der Waals surface area (Å²) in [5.74, 6) is 1.76. The third-order valence-electron chi connectivity index (χ3n) is 5.59. The van der Waals surface area contributed by atoms with Gasteiger partial charge in [-0.3, -0.25) is 4.79 Å². The van der Waals surface area contributed by atoms with E-state index in [4.69, 9.17) is 0 Å². The average molecular weight is 284 g/mol. The van der Waals surface area contributed by atoms with E-state index >= 15 is 0 Å². The molecule has 0 radical (unpaired) electrons. The van der Waals surface area contributed by atoms with E-state index in [1.807, 2.05) is 0 Å². The van der Waals surface area contributed by atoms with Gasteiger partial charge in [-0.15, -0.1) is 0 Å². The van der Waals surface area contributed by atoms with Gasteiger partial charge in [-0.2, -0.15) is 0 Å². The number of benzene rings is 1. The third kappa shape index (κ3) is 2.93. The van der Waals surface area contributed by atoms with Crippen molar-refractivity contribution in [3.63, 3.8) is 0 Å². The van der Waals surface area contributed by atoms with E-state index in [9.17, 15) is 4.79 Å². The summed E-state index contributed by atoms with van der Waals surface area (Å²) in [6, 6.07) is 8.59. The molecule has 0 saturated heterocycles. The Hall–Kier alpha value is -1.11. The van der Waals surface area contributed by atoms with Crippen LogP contribution in [0, 0.1) is 11.3 Å². The molecule has 0 heterocycles. The first-order valence-electron chi connectivity index (χ1n) is 8.75. The van der Waals surface area contributed by atoms with Crippen molar-refractivity contribution in [2.45, 2.75) is 71.1 Å². The highest BCUT2D eigenvalue weighted by atomic mass is 16.1. The van der Waals surface area contributed by atoms with E-state index in [2.05, 4.69) is 38.1 Å². The molecule has 1 nitrogen and oxygen atoms in total. The first-order valence-corrected chi connectivity index (χ1v) is 8.75. The van der Waals surface area contributed by atoms with E-state index in [1.165, 1.54) is 37.7 Å². The second kappa shape index (κ2) is 5.94. The van der Waals surface area contributed by atoms with Crippen molar-refractivity contribution in [3.8, 4) is 0 Å². The molecule has 0 N–H and O–H groups in total. The molecule has 0 atom stereocenters. The van der Waals surface area contributed by atoms with Crippen molar-refractivity contribution >= 4 is 5.78 Å². The van der Waals surface area contributed by atoms with Gasteiger partial charge in [0.1, 0.15) is 0 Å². The van der Waals surface area contributed by atoms with Gasteiger partial charge in [-0.05, 0) is 49.5 Å². The number of carbonyl (C=O) groups excluding carboxylic acids is 1. The summed E-state index contributed by atoms with van der Waals surface area (Å²) in [6.07, 6.45) is 9.69. The lowest BCUT2D eigenvalue weighted by Gasteiger charge is -2.30. The van der Waals surface area contributed by atoms with Crippen LogP contribution in [-0.2, 0) is 0 Å². The van der Waals surface area contributed by atoms with Crippen LogP contribution in [0.2, 0.25) is 0 Å². The third-order valence-corrected chi connectivity index (χ3v) is 5.59. The van der Waals surface area contributed by atoms with Crippen LogP contribution in [0.3, 0.4) is 0 Å². The summed E-state index contributed by atoms with van der Waals surface area (Å²) in [6.45, 7) is 4.49. The Bertz CT molecular complexity index is 487. The first kappa shape index (κ1) is 14.8. The second-order valence-electron chi connectivity index (χ2n) is 7.66. The Morgan fingerprint density at radius 2 is 1.71 bits per heavy atom. The standard InChI is InChI=1S/C20H28O/c1-15(2)14-20(12-3-4-13-20)19(21)18-10-8-17(9-11-18)16-6-5-7-16/h8-11,15-16H,3-7,12-14H2,1-2H3. The van der Waals surface area contributed by atoms with E-state index in [0.29, 0.717) is 11.7 Å². The average Bonchev–Trinajstić information content (AvgIpc) is 2.86. The quantitative estimate of drug-likeness (QED) is 0.630. The molecule has 3 rings (SSSR count). The van der Waals surface area contributed by atoms with Gasteiger partial charge in [0, 0.05) is 11.0 Å². The van der Waals surface area contributed by atoms with E-state index < -0.39 is 0 Å². The SMILES string of the molecule is CC(C)CC1(C(=O)c2ccc(C3CCC3)cc2)CCCC1. The zero-order chi connectivity index (χ0) is 14.9. The first-order chi connectivity index (χ1) is 10.1. The maximum atomic E-state index is 13.1. The highest BCUT2D eigenvalue weighted by Gasteiger charge is 2.41. The highest BCUT2D eigenvalue weighted by molar-refractivity contribution is 6.00. The summed E-state index contributed by atoms with van der Waals surface area (Å²) >= 11 is 0. The van der Waals surface area contributed by atoms with Crippen molar-refractivity contribution in [2.75, 3.05) is 0 Å². The predicted molar refractivity (Wildman–Crippen MR) is 87.7 cm³/mol.